The Morgan fingerprint density at radius 1 is 0.909 bits per heavy atom. The molecule has 1 aliphatic rings. The van der Waals surface area contributed by atoms with E-state index in [0.29, 0.717) is 22.4 Å². The average molecular weight is 443 g/mol. The fourth-order valence-corrected chi connectivity index (χ4v) is 4.35. The number of aromatic hydroxyl groups is 1. The Hall–Kier alpha value is -4.06. The molecule has 1 aliphatic heterocycles. The van der Waals surface area contributed by atoms with Crippen LogP contribution < -0.4 is 9.64 Å². The molecule has 168 valence electrons. The number of nitrogens with zero attached hydrogens (tertiary/aromatic N) is 1. The lowest BCUT2D eigenvalue weighted by atomic mass is 9.91. The fraction of sp³-hybridized carbons (Fsp3) is 0.185. The molecule has 1 saturated heterocycles. The van der Waals surface area contributed by atoms with Gasteiger partial charge >= 0.3 is 0 Å². The number of hydrogen-bond donors (Lipinski definition) is 2. The van der Waals surface area contributed by atoms with Crippen LogP contribution in [0.1, 0.15) is 33.9 Å². The molecule has 2 N–H and O–H groups in total. The summed E-state index contributed by atoms with van der Waals surface area (Å²) in [5, 5.41) is 21.9. The van der Waals surface area contributed by atoms with Crippen molar-refractivity contribution in [3.05, 3.63) is 94.1 Å². The summed E-state index contributed by atoms with van der Waals surface area (Å²) in [5.74, 6) is -1.35. The number of carbonyl (C=O) groups is 2. The molecule has 0 bridgehead atoms. The number of carbonyl (C=O) groups excluding carboxylic acids is 2. The highest BCUT2D eigenvalue weighted by molar-refractivity contribution is 6.52. The Bertz CT molecular complexity index is 1310. The second kappa shape index (κ2) is 8.47. The molecule has 6 nitrogen and oxygen atoms in total. The number of hydrogen-bond acceptors (Lipinski definition) is 5. The quantitative estimate of drug-likeness (QED) is 0.338. The molecule has 0 spiro atoms. The monoisotopic (exact) mass is 443 g/mol. The number of aliphatic hydroxyl groups is 1. The normalized spacial score (nSPS) is 17.5. The van der Waals surface area contributed by atoms with Crippen molar-refractivity contribution in [3.8, 4) is 11.5 Å². The van der Waals surface area contributed by atoms with Crippen molar-refractivity contribution >= 4 is 23.1 Å². The number of methoxy groups -OCH3 is 1. The lowest BCUT2D eigenvalue weighted by Gasteiger charge is -2.27. The number of phenols is 1. The molecule has 1 atom stereocenters. The Morgan fingerprint density at radius 3 is 2.24 bits per heavy atom. The van der Waals surface area contributed by atoms with Crippen LogP contribution in [0, 0.1) is 20.8 Å². The predicted molar refractivity (Wildman–Crippen MR) is 127 cm³/mol. The molecule has 3 aromatic carbocycles. The van der Waals surface area contributed by atoms with Gasteiger partial charge in [0, 0.05) is 5.56 Å². The van der Waals surface area contributed by atoms with Gasteiger partial charge in [-0.3, -0.25) is 14.5 Å². The number of para-hydroxylation sites is 2. The van der Waals surface area contributed by atoms with Crippen LogP contribution in [0.15, 0.2) is 66.2 Å². The second-order valence-electron chi connectivity index (χ2n) is 8.15. The first kappa shape index (κ1) is 22.1. The van der Waals surface area contributed by atoms with Crippen LogP contribution in [0.3, 0.4) is 0 Å². The molecular formula is C27H25NO5. The minimum Gasteiger partial charge on any atom is -0.507 e. The molecule has 33 heavy (non-hydrogen) atoms. The van der Waals surface area contributed by atoms with Gasteiger partial charge < -0.3 is 14.9 Å². The van der Waals surface area contributed by atoms with Crippen molar-refractivity contribution in [2.75, 3.05) is 12.0 Å². The van der Waals surface area contributed by atoms with Crippen molar-refractivity contribution in [3.63, 3.8) is 0 Å². The Labute approximate surface area is 192 Å². The number of aliphatic hydroxyl groups excluding tert-OH is 1. The Morgan fingerprint density at radius 2 is 1.58 bits per heavy atom. The standard InChI is InChI=1S/C27H25NO5/c1-15-9-5-6-10-18(15)24-23(25(30)19-13-17(3)22(33-4)14-16(19)2)26(31)27(32)28(24)20-11-7-8-12-21(20)29/h5-14,24,29-30H,1-4H3/b25-23+. The van der Waals surface area contributed by atoms with E-state index >= 15 is 0 Å². The SMILES string of the molecule is COc1cc(C)c(/C(O)=C2\C(=O)C(=O)N(c3ccccc3O)C2c2ccccc2C)cc1C. The largest absolute Gasteiger partial charge is 0.507 e. The van der Waals surface area contributed by atoms with Gasteiger partial charge in [0.1, 0.15) is 17.3 Å². The molecule has 1 amide bonds. The highest BCUT2D eigenvalue weighted by atomic mass is 16.5. The Balaban J connectivity index is 2.02. The fourth-order valence-electron chi connectivity index (χ4n) is 4.35. The first-order valence-electron chi connectivity index (χ1n) is 10.6. The number of amides is 1. The molecule has 6 heteroatoms. The summed E-state index contributed by atoms with van der Waals surface area (Å²) in [4.78, 5) is 27.8. The van der Waals surface area contributed by atoms with Crippen molar-refractivity contribution in [1.82, 2.24) is 0 Å². The molecule has 1 heterocycles. The molecule has 3 aromatic rings. The molecular weight excluding hydrogens is 418 g/mol. The summed E-state index contributed by atoms with van der Waals surface area (Å²) < 4.78 is 5.36. The van der Waals surface area contributed by atoms with Gasteiger partial charge in [0.05, 0.1) is 24.4 Å². The highest BCUT2D eigenvalue weighted by Crippen LogP contribution is 2.45. The molecule has 4 rings (SSSR count). The van der Waals surface area contributed by atoms with Crippen LogP contribution >= 0.6 is 0 Å². The van der Waals surface area contributed by atoms with Gasteiger partial charge in [-0.15, -0.1) is 0 Å². The van der Waals surface area contributed by atoms with Crippen LogP contribution in [-0.2, 0) is 9.59 Å². The average Bonchev–Trinajstić information content (AvgIpc) is 3.05. The first-order valence-corrected chi connectivity index (χ1v) is 10.6. The van der Waals surface area contributed by atoms with Gasteiger partial charge in [0.25, 0.3) is 11.7 Å². The van der Waals surface area contributed by atoms with Gasteiger partial charge in [-0.1, -0.05) is 36.4 Å². The van der Waals surface area contributed by atoms with E-state index in [2.05, 4.69) is 0 Å². The van der Waals surface area contributed by atoms with E-state index in [-0.39, 0.29) is 22.8 Å². The lowest BCUT2D eigenvalue weighted by molar-refractivity contribution is -0.132. The van der Waals surface area contributed by atoms with E-state index in [1.54, 1.807) is 44.4 Å². The topological polar surface area (TPSA) is 87.1 Å². The number of ketones is 1. The summed E-state index contributed by atoms with van der Waals surface area (Å²) in [6.45, 7) is 5.52. The van der Waals surface area contributed by atoms with Gasteiger partial charge in [0.2, 0.25) is 0 Å². The number of anilines is 1. The van der Waals surface area contributed by atoms with Crippen molar-refractivity contribution in [2.24, 2.45) is 0 Å². The lowest BCUT2D eigenvalue weighted by Crippen LogP contribution is -2.29. The zero-order valence-corrected chi connectivity index (χ0v) is 18.9. The van der Waals surface area contributed by atoms with Gasteiger partial charge in [-0.25, -0.2) is 0 Å². The molecule has 0 saturated carbocycles. The zero-order chi connectivity index (χ0) is 23.9. The van der Waals surface area contributed by atoms with E-state index in [0.717, 1.165) is 11.1 Å². The van der Waals surface area contributed by atoms with Crippen molar-refractivity contribution in [1.29, 1.82) is 0 Å². The van der Waals surface area contributed by atoms with Gasteiger partial charge in [0.15, 0.2) is 0 Å². The summed E-state index contributed by atoms with van der Waals surface area (Å²) in [7, 11) is 1.57. The highest BCUT2D eigenvalue weighted by Gasteiger charge is 2.48. The maximum atomic E-state index is 13.3. The van der Waals surface area contributed by atoms with E-state index in [4.69, 9.17) is 4.74 Å². The number of Topliss-reactive ketones (excluding diaryl/α,β-unsaturated/α-hetero) is 1. The van der Waals surface area contributed by atoms with Crippen molar-refractivity contribution < 1.29 is 24.5 Å². The number of phenolic OH excluding ortho intramolecular Hbond substituents is 1. The van der Waals surface area contributed by atoms with E-state index in [1.165, 1.54) is 11.0 Å². The van der Waals surface area contributed by atoms with Crippen molar-refractivity contribution in [2.45, 2.75) is 26.8 Å². The third kappa shape index (κ3) is 3.63. The molecule has 1 fully saturated rings. The maximum Gasteiger partial charge on any atom is 0.300 e. The summed E-state index contributed by atoms with van der Waals surface area (Å²) in [6, 6.07) is 16.4. The predicted octanol–water partition coefficient (Wildman–Crippen LogP) is 4.95. The van der Waals surface area contributed by atoms with Crippen LogP contribution in [0.25, 0.3) is 5.76 Å². The third-order valence-electron chi connectivity index (χ3n) is 6.07. The molecule has 1 unspecified atom stereocenters. The first-order chi connectivity index (χ1) is 15.8. The van der Waals surface area contributed by atoms with Crippen LogP contribution in [0.4, 0.5) is 5.69 Å². The van der Waals surface area contributed by atoms with Crippen LogP contribution in [-0.4, -0.2) is 29.0 Å². The Kier molecular flexibility index (Phi) is 5.68. The molecule has 0 radical (unpaired) electrons. The number of benzene rings is 3. The minimum atomic E-state index is -0.902. The molecule has 0 aliphatic carbocycles. The smallest absolute Gasteiger partial charge is 0.300 e. The van der Waals surface area contributed by atoms with E-state index in [1.807, 2.05) is 38.1 Å². The third-order valence-corrected chi connectivity index (χ3v) is 6.07. The van der Waals surface area contributed by atoms with Gasteiger partial charge in [-0.2, -0.15) is 0 Å². The van der Waals surface area contributed by atoms with E-state index in [9.17, 15) is 19.8 Å². The maximum absolute atomic E-state index is 13.3. The van der Waals surface area contributed by atoms with Gasteiger partial charge in [-0.05, 0) is 67.3 Å². The summed E-state index contributed by atoms with van der Waals surface area (Å²) >= 11 is 0. The number of aryl methyl sites for hydroxylation is 3. The number of ether oxygens (including phenoxy) is 1. The second-order valence-corrected chi connectivity index (χ2v) is 8.15. The van der Waals surface area contributed by atoms with Crippen LogP contribution in [0.2, 0.25) is 0 Å². The minimum absolute atomic E-state index is 0.0229. The summed E-state index contributed by atoms with van der Waals surface area (Å²) in [5.41, 5.74) is 3.64. The van der Waals surface area contributed by atoms with Crippen LogP contribution in [0.5, 0.6) is 11.5 Å². The zero-order valence-electron chi connectivity index (χ0n) is 18.9. The summed E-state index contributed by atoms with van der Waals surface area (Å²) in [6.07, 6.45) is 0. The van der Waals surface area contributed by atoms with E-state index < -0.39 is 17.7 Å². The molecule has 0 aromatic heterocycles. The number of rotatable bonds is 4.